The average molecular weight is 676 g/mol. The molecule has 1 aliphatic rings. The lowest BCUT2D eigenvalue weighted by atomic mass is 9.74. The van der Waals surface area contributed by atoms with Gasteiger partial charge in [-0.25, -0.2) is 0 Å². The summed E-state index contributed by atoms with van der Waals surface area (Å²) in [6.07, 6.45) is 0.965. The predicted octanol–water partition coefficient (Wildman–Crippen LogP) is 14.2. The van der Waals surface area contributed by atoms with Gasteiger partial charge in [-0.3, -0.25) is 0 Å². The number of hydrogen-bond donors (Lipinski definition) is 0. The molecular formula is C52H37N. The van der Waals surface area contributed by atoms with Gasteiger partial charge < -0.3 is 4.90 Å². The molecule has 0 N–H and O–H groups in total. The van der Waals surface area contributed by atoms with Crippen LogP contribution in [0.5, 0.6) is 0 Å². The molecule has 0 aromatic heterocycles. The fraction of sp³-hybridized carbons (Fsp3) is 0.0385. The number of nitrogens with zero attached hydrogens (tertiary/aromatic N) is 1. The Morgan fingerprint density at radius 1 is 0.358 bits per heavy atom. The molecule has 0 saturated heterocycles. The molecule has 9 aromatic carbocycles. The van der Waals surface area contributed by atoms with Gasteiger partial charge in [0.2, 0.25) is 0 Å². The minimum absolute atomic E-state index is 0.241. The first-order valence-electron chi connectivity index (χ1n) is 18.5. The molecule has 53 heavy (non-hydrogen) atoms. The third kappa shape index (κ3) is 5.68. The summed E-state index contributed by atoms with van der Waals surface area (Å²) in [4.78, 5) is 2.41. The standard InChI is InChI=1S/C52H37N/c1-3-11-36(12-4-1)39-21-26-44(27-22-39)53(45-28-23-40(24-29-45)37-13-5-2-6-14-37)46-30-32-48-50(43-20-19-38-15-7-8-17-42(38)33-43)35-52-47-18-10-9-16-41(47)25-31-49(52)51(48)34-46/h1-34,50H,35H2. The molecule has 0 saturated carbocycles. The first-order chi connectivity index (χ1) is 26.3. The Hall–Kier alpha value is -6.70. The second kappa shape index (κ2) is 13.1. The zero-order valence-corrected chi connectivity index (χ0v) is 29.4. The Morgan fingerprint density at radius 3 is 1.55 bits per heavy atom. The van der Waals surface area contributed by atoms with Crippen molar-refractivity contribution in [2.75, 3.05) is 4.90 Å². The van der Waals surface area contributed by atoms with Crippen molar-refractivity contribution in [2.45, 2.75) is 12.3 Å². The topological polar surface area (TPSA) is 3.24 Å². The lowest BCUT2D eigenvalue weighted by Gasteiger charge is -2.32. The van der Waals surface area contributed by atoms with E-state index in [2.05, 4.69) is 211 Å². The van der Waals surface area contributed by atoms with Gasteiger partial charge in [-0.1, -0.05) is 170 Å². The minimum Gasteiger partial charge on any atom is -0.310 e. The summed E-state index contributed by atoms with van der Waals surface area (Å²) in [5, 5.41) is 5.20. The minimum atomic E-state index is 0.241. The maximum absolute atomic E-state index is 2.44. The maximum Gasteiger partial charge on any atom is 0.0467 e. The molecule has 0 aliphatic heterocycles. The Bertz CT molecular complexity index is 2650. The van der Waals surface area contributed by atoms with Crippen LogP contribution < -0.4 is 4.90 Å². The normalized spacial score (nSPS) is 13.4. The van der Waals surface area contributed by atoms with Crippen LogP contribution in [0.1, 0.15) is 22.6 Å². The molecule has 0 amide bonds. The summed E-state index contributed by atoms with van der Waals surface area (Å²) in [6, 6.07) is 75.6. The van der Waals surface area contributed by atoms with E-state index in [9.17, 15) is 0 Å². The molecule has 250 valence electrons. The van der Waals surface area contributed by atoms with Gasteiger partial charge >= 0.3 is 0 Å². The molecule has 10 rings (SSSR count). The first-order valence-corrected chi connectivity index (χ1v) is 18.5. The van der Waals surface area contributed by atoms with Crippen LogP contribution in [0, 0.1) is 0 Å². The third-order valence-corrected chi connectivity index (χ3v) is 11.1. The van der Waals surface area contributed by atoms with E-state index in [0.717, 1.165) is 23.5 Å². The zero-order valence-electron chi connectivity index (χ0n) is 29.4. The van der Waals surface area contributed by atoms with Crippen LogP contribution in [0.4, 0.5) is 17.1 Å². The van der Waals surface area contributed by atoms with Crippen molar-refractivity contribution < 1.29 is 0 Å². The Morgan fingerprint density at radius 2 is 0.887 bits per heavy atom. The molecule has 0 heterocycles. The van der Waals surface area contributed by atoms with Gasteiger partial charge in [-0.15, -0.1) is 0 Å². The van der Waals surface area contributed by atoms with E-state index in [4.69, 9.17) is 0 Å². The van der Waals surface area contributed by atoms with Crippen molar-refractivity contribution in [3.05, 3.63) is 223 Å². The Labute approximate surface area is 311 Å². The monoisotopic (exact) mass is 675 g/mol. The lowest BCUT2D eigenvalue weighted by molar-refractivity contribution is 0.800. The summed E-state index contributed by atoms with van der Waals surface area (Å²) in [6.45, 7) is 0. The fourth-order valence-electron chi connectivity index (χ4n) is 8.38. The number of benzene rings is 9. The van der Waals surface area contributed by atoms with Gasteiger partial charge in [-0.2, -0.15) is 0 Å². The molecule has 1 atom stereocenters. The predicted molar refractivity (Wildman–Crippen MR) is 224 cm³/mol. The van der Waals surface area contributed by atoms with Crippen molar-refractivity contribution in [3.8, 4) is 33.4 Å². The van der Waals surface area contributed by atoms with Crippen LogP contribution in [0.3, 0.4) is 0 Å². The van der Waals surface area contributed by atoms with Gasteiger partial charge in [0.1, 0.15) is 0 Å². The van der Waals surface area contributed by atoms with Gasteiger partial charge in [0.15, 0.2) is 0 Å². The fourth-order valence-corrected chi connectivity index (χ4v) is 8.38. The van der Waals surface area contributed by atoms with Gasteiger partial charge in [0.05, 0.1) is 0 Å². The highest BCUT2D eigenvalue weighted by atomic mass is 15.1. The average Bonchev–Trinajstić information content (AvgIpc) is 3.24. The van der Waals surface area contributed by atoms with Crippen LogP contribution in [0.2, 0.25) is 0 Å². The van der Waals surface area contributed by atoms with Crippen LogP contribution in [0.25, 0.3) is 54.9 Å². The van der Waals surface area contributed by atoms with Gasteiger partial charge in [0.25, 0.3) is 0 Å². The van der Waals surface area contributed by atoms with E-state index >= 15 is 0 Å². The first kappa shape index (κ1) is 31.1. The van der Waals surface area contributed by atoms with Crippen molar-refractivity contribution in [2.24, 2.45) is 0 Å². The molecule has 9 aromatic rings. The highest BCUT2D eigenvalue weighted by molar-refractivity contribution is 5.95. The van der Waals surface area contributed by atoms with E-state index in [0.29, 0.717) is 0 Å². The van der Waals surface area contributed by atoms with E-state index in [-0.39, 0.29) is 5.92 Å². The van der Waals surface area contributed by atoms with E-state index in [1.807, 2.05) is 0 Å². The van der Waals surface area contributed by atoms with Gasteiger partial charge in [-0.05, 0) is 114 Å². The van der Waals surface area contributed by atoms with Crippen LogP contribution in [0.15, 0.2) is 206 Å². The van der Waals surface area contributed by atoms with Crippen molar-refractivity contribution in [3.63, 3.8) is 0 Å². The lowest BCUT2D eigenvalue weighted by Crippen LogP contribution is -2.15. The van der Waals surface area contributed by atoms with E-state index in [1.54, 1.807) is 0 Å². The maximum atomic E-state index is 2.44. The second-order valence-corrected chi connectivity index (χ2v) is 14.1. The van der Waals surface area contributed by atoms with Crippen molar-refractivity contribution in [1.29, 1.82) is 0 Å². The molecule has 1 heteroatoms. The van der Waals surface area contributed by atoms with E-state index in [1.165, 1.54) is 71.6 Å². The van der Waals surface area contributed by atoms with Crippen molar-refractivity contribution in [1.82, 2.24) is 0 Å². The Kier molecular flexibility index (Phi) is 7.69. The molecule has 0 bridgehead atoms. The summed E-state index contributed by atoms with van der Waals surface area (Å²) < 4.78 is 0. The third-order valence-electron chi connectivity index (χ3n) is 11.1. The molecule has 1 nitrogen and oxygen atoms in total. The molecule has 1 aliphatic carbocycles. The second-order valence-electron chi connectivity index (χ2n) is 14.1. The number of fused-ring (bicyclic) bond motifs is 6. The quantitative estimate of drug-likeness (QED) is 0.170. The molecule has 1 unspecified atom stereocenters. The Balaban J connectivity index is 1.14. The van der Waals surface area contributed by atoms with Crippen LogP contribution in [-0.4, -0.2) is 0 Å². The van der Waals surface area contributed by atoms with Crippen LogP contribution >= 0.6 is 0 Å². The van der Waals surface area contributed by atoms with Gasteiger partial charge in [0, 0.05) is 23.0 Å². The highest BCUT2D eigenvalue weighted by Gasteiger charge is 2.29. The summed E-state index contributed by atoms with van der Waals surface area (Å²) in [5.74, 6) is 0.241. The SMILES string of the molecule is c1ccc(-c2ccc(N(c3ccc(-c4ccccc4)cc3)c3ccc4c(c3)-c3ccc5ccccc5c3CC4c3ccc4ccccc4c3)cc2)cc1. The number of rotatable bonds is 6. The number of anilines is 3. The molecule has 0 radical (unpaired) electrons. The highest BCUT2D eigenvalue weighted by Crippen LogP contribution is 2.48. The largest absolute Gasteiger partial charge is 0.310 e. The van der Waals surface area contributed by atoms with Crippen LogP contribution in [-0.2, 0) is 6.42 Å². The molecule has 0 spiro atoms. The molecular weight excluding hydrogens is 639 g/mol. The molecule has 0 fully saturated rings. The van der Waals surface area contributed by atoms with E-state index < -0.39 is 0 Å². The smallest absolute Gasteiger partial charge is 0.0467 e. The van der Waals surface area contributed by atoms with Crippen molar-refractivity contribution >= 4 is 38.6 Å². The summed E-state index contributed by atoms with van der Waals surface area (Å²) in [7, 11) is 0. The summed E-state index contributed by atoms with van der Waals surface area (Å²) in [5.41, 5.74) is 15.0. The zero-order chi connectivity index (χ0) is 35.1. The number of hydrogen-bond acceptors (Lipinski definition) is 1. The summed E-state index contributed by atoms with van der Waals surface area (Å²) >= 11 is 0.